The number of furan rings is 1. The first-order valence-corrected chi connectivity index (χ1v) is 8.75. The minimum absolute atomic E-state index is 0.0674. The standard InChI is InChI=1S/C17H17Cl2N3O3/c18-14-9-20-22(17(24)16(14)19)11-15(23)21(10-13-7-4-8-25-13)12-5-2-1-3-6-12/h4-5,7-9H,1-3,6,10-11H2. The second kappa shape index (κ2) is 7.89. The molecular weight excluding hydrogens is 365 g/mol. The number of hydrogen-bond acceptors (Lipinski definition) is 4. The van der Waals surface area contributed by atoms with Gasteiger partial charge in [-0.25, -0.2) is 4.68 Å². The lowest BCUT2D eigenvalue weighted by molar-refractivity contribution is -0.131. The molecule has 0 radical (unpaired) electrons. The molecular formula is C17H17Cl2N3O3. The fraction of sp³-hybridized carbons (Fsp3) is 0.353. The molecule has 1 aliphatic rings. The van der Waals surface area contributed by atoms with E-state index in [1.165, 1.54) is 6.20 Å². The summed E-state index contributed by atoms with van der Waals surface area (Å²) in [6, 6.07) is 3.59. The smallest absolute Gasteiger partial charge is 0.287 e. The first-order chi connectivity index (χ1) is 12.1. The van der Waals surface area contributed by atoms with E-state index in [4.69, 9.17) is 27.6 Å². The van der Waals surface area contributed by atoms with Crippen molar-refractivity contribution in [1.29, 1.82) is 0 Å². The van der Waals surface area contributed by atoms with Crippen LogP contribution in [0.3, 0.4) is 0 Å². The van der Waals surface area contributed by atoms with E-state index < -0.39 is 5.56 Å². The third-order valence-corrected chi connectivity index (χ3v) is 4.78. The molecule has 0 saturated heterocycles. The van der Waals surface area contributed by atoms with Gasteiger partial charge in [0.25, 0.3) is 5.56 Å². The van der Waals surface area contributed by atoms with Gasteiger partial charge in [-0.3, -0.25) is 9.59 Å². The van der Waals surface area contributed by atoms with E-state index >= 15 is 0 Å². The van der Waals surface area contributed by atoms with Crippen molar-refractivity contribution in [2.45, 2.75) is 38.8 Å². The average Bonchev–Trinajstić information content (AvgIpc) is 3.14. The second-order valence-electron chi connectivity index (χ2n) is 5.77. The highest BCUT2D eigenvalue weighted by Crippen LogP contribution is 2.23. The molecule has 0 spiro atoms. The molecule has 2 heterocycles. The van der Waals surface area contributed by atoms with E-state index in [0.717, 1.165) is 36.1 Å². The van der Waals surface area contributed by atoms with E-state index in [-0.39, 0.29) is 22.5 Å². The molecule has 132 valence electrons. The first kappa shape index (κ1) is 17.8. The molecule has 0 aliphatic heterocycles. The van der Waals surface area contributed by atoms with Crippen LogP contribution in [0.25, 0.3) is 0 Å². The molecule has 0 aromatic carbocycles. The van der Waals surface area contributed by atoms with Crippen molar-refractivity contribution < 1.29 is 9.21 Å². The molecule has 8 heteroatoms. The lowest BCUT2D eigenvalue weighted by Crippen LogP contribution is -2.37. The Balaban J connectivity index is 1.85. The summed E-state index contributed by atoms with van der Waals surface area (Å²) in [5.74, 6) is 0.423. The maximum atomic E-state index is 12.9. The number of nitrogens with zero attached hydrogens (tertiary/aromatic N) is 3. The Hall–Kier alpha value is -2.05. The van der Waals surface area contributed by atoms with Crippen LogP contribution >= 0.6 is 23.2 Å². The zero-order valence-electron chi connectivity index (χ0n) is 13.5. The molecule has 0 saturated carbocycles. The van der Waals surface area contributed by atoms with Gasteiger partial charge in [-0.15, -0.1) is 0 Å². The molecule has 2 aromatic rings. The Bertz CT molecular complexity index is 843. The van der Waals surface area contributed by atoms with Crippen molar-refractivity contribution in [3.8, 4) is 0 Å². The van der Waals surface area contributed by atoms with E-state index in [1.54, 1.807) is 17.2 Å². The summed E-state index contributed by atoms with van der Waals surface area (Å²) in [6.45, 7) is 0.0987. The molecule has 1 amide bonds. The highest BCUT2D eigenvalue weighted by molar-refractivity contribution is 6.41. The van der Waals surface area contributed by atoms with Crippen LogP contribution in [0.2, 0.25) is 10.0 Å². The van der Waals surface area contributed by atoms with Gasteiger partial charge in [0.15, 0.2) is 0 Å². The SMILES string of the molecule is O=C(Cn1ncc(Cl)c(Cl)c1=O)N(Cc1ccco1)C1=CCCCC1. The molecule has 25 heavy (non-hydrogen) atoms. The predicted octanol–water partition coefficient (Wildman–Crippen LogP) is 3.63. The molecule has 0 atom stereocenters. The van der Waals surface area contributed by atoms with E-state index in [1.807, 2.05) is 6.07 Å². The van der Waals surface area contributed by atoms with Gasteiger partial charge < -0.3 is 9.32 Å². The van der Waals surface area contributed by atoms with Crippen LogP contribution in [0.1, 0.15) is 31.4 Å². The van der Waals surface area contributed by atoms with Crippen molar-refractivity contribution in [3.05, 3.63) is 62.5 Å². The van der Waals surface area contributed by atoms with Gasteiger partial charge in [0.2, 0.25) is 5.91 Å². The summed E-state index contributed by atoms with van der Waals surface area (Å²) in [7, 11) is 0. The molecule has 2 aromatic heterocycles. The van der Waals surface area contributed by atoms with Crippen LogP contribution in [0, 0.1) is 0 Å². The van der Waals surface area contributed by atoms with Crippen molar-refractivity contribution in [3.63, 3.8) is 0 Å². The van der Waals surface area contributed by atoms with Crippen LogP contribution in [0.4, 0.5) is 0 Å². The largest absolute Gasteiger partial charge is 0.467 e. The molecule has 1 aliphatic carbocycles. The third kappa shape index (κ3) is 4.14. The summed E-state index contributed by atoms with van der Waals surface area (Å²) >= 11 is 11.6. The molecule has 3 rings (SSSR count). The number of amides is 1. The lowest BCUT2D eigenvalue weighted by Gasteiger charge is -2.27. The highest BCUT2D eigenvalue weighted by Gasteiger charge is 2.22. The van der Waals surface area contributed by atoms with Gasteiger partial charge >= 0.3 is 0 Å². The Morgan fingerprint density at radius 2 is 2.20 bits per heavy atom. The number of carbonyl (C=O) groups excluding carboxylic acids is 1. The second-order valence-corrected chi connectivity index (χ2v) is 6.55. The Kier molecular flexibility index (Phi) is 5.60. The topological polar surface area (TPSA) is 68.3 Å². The van der Waals surface area contributed by atoms with Crippen LogP contribution in [-0.2, 0) is 17.9 Å². The summed E-state index contributed by atoms with van der Waals surface area (Å²) in [6.07, 6.45) is 8.78. The molecule has 6 nitrogen and oxygen atoms in total. The maximum absolute atomic E-state index is 12.9. The van der Waals surface area contributed by atoms with Gasteiger partial charge in [0.05, 0.1) is 24.0 Å². The Labute approximate surface area is 154 Å². The molecule has 0 fully saturated rings. The fourth-order valence-electron chi connectivity index (χ4n) is 2.75. The van der Waals surface area contributed by atoms with E-state index in [9.17, 15) is 9.59 Å². The maximum Gasteiger partial charge on any atom is 0.287 e. The highest BCUT2D eigenvalue weighted by atomic mass is 35.5. The first-order valence-electron chi connectivity index (χ1n) is 7.99. The van der Waals surface area contributed by atoms with Crippen molar-refractivity contribution >= 4 is 29.1 Å². The Morgan fingerprint density at radius 3 is 2.88 bits per heavy atom. The minimum atomic E-state index is -0.585. The Morgan fingerprint density at radius 1 is 1.36 bits per heavy atom. The van der Waals surface area contributed by atoms with Gasteiger partial charge in [0, 0.05) is 5.70 Å². The fourth-order valence-corrected chi connectivity index (χ4v) is 3.02. The van der Waals surface area contributed by atoms with Gasteiger partial charge in [-0.05, 0) is 37.8 Å². The van der Waals surface area contributed by atoms with Gasteiger partial charge in [-0.1, -0.05) is 29.3 Å². The van der Waals surface area contributed by atoms with Gasteiger partial charge in [-0.2, -0.15) is 5.10 Å². The van der Waals surface area contributed by atoms with Crippen molar-refractivity contribution in [2.24, 2.45) is 0 Å². The number of aromatic nitrogens is 2. The summed E-state index contributed by atoms with van der Waals surface area (Å²) in [5.41, 5.74) is 0.360. The summed E-state index contributed by atoms with van der Waals surface area (Å²) in [5, 5.41) is 3.83. The molecule has 0 unspecified atom stereocenters. The average molecular weight is 382 g/mol. The minimum Gasteiger partial charge on any atom is -0.467 e. The zero-order chi connectivity index (χ0) is 17.8. The van der Waals surface area contributed by atoms with Crippen LogP contribution in [0.15, 0.2) is 45.6 Å². The van der Waals surface area contributed by atoms with Crippen molar-refractivity contribution in [2.75, 3.05) is 0 Å². The van der Waals surface area contributed by atoms with Crippen LogP contribution < -0.4 is 5.56 Å². The number of carbonyl (C=O) groups is 1. The summed E-state index contributed by atoms with van der Waals surface area (Å²) in [4.78, 5) is 26.6. The third-order valence-electron chi connectivity index (χ3n) is 4.04. The van der Waals surface area contributed by atoms with E-state index in [2.05, 4.69) is 11.2 Å². The normalized spacial score (nSPS) is 14.2. The van der Waals surface area contributed by atoms with Crippen molar-refractivity contribution in [1.82, 2.24) is 14.7 Å². The lowest BCUT2D eigenvalue weighted by atomic mass is 10.0. The monoisotopic (exact) mass is 381 g/mol. The summed E-state index contributed by atoms with van der Waals surface area (Å²) < 4.78 is 6.39. The molecule has 0 bridgehead atoms. The quantitative estimate of drug-likeness (QED) is 0.792. The van der Waals surface area contributed by atoms with Crippen LogP contribution in [-0.4, -0.2) is 20.6 Å². The number of allylic oxidation sites excluding steroid dienone is 2. The number of hydrogen-bond donors (Lipinski definition) is 0. The van der Waals surface area contributed by atoms with Crippen LogP contribution in [0.5, 0.6) is 0 Å². The predicted molar refractivity (Wildman–Crippen MR) is 94.3 cm³/mol. The van der Waals surface area contributed by atoms with Gasteiger partial charge in [0.1, 0.15) is 17.3 Å². The van der Waals surface area contributed by atoms with E-state index in [0.29, 0.717) is 12.3 Å². The zero-order valence-corrected chi connectivity index (χ0v) is 15.0. The number of rotatable bonds is 5. The number of halogens is 2. The molecule has 0 N–H and O–H groups in total.